The summed E-state index contributed by atoms with van der Waals surface area (Å²) in [5, 5.41) is 6.96. The highest BCUT2D eigenvalue weighted by molar-refractivity contribution is 5.92. The molecule has 2 aliphatic heterocycles. The summed E-state index contributed by atoms with van der Waals surface area (Å²) < 4.78 is 11.0. The standard InChI is InChI=1S/C20H29N3O4/c1-12-3-6-17(26-11-12)20(25)23-8-7-15(9-13(23)2)21-19(24)16-10-18(27-22-16)14-4-5-14/h10,12-15,17H,3-9,11H2,1-2H3,(H,21,24)/t12-,13+,15?,17+/m0/s1. The molecule has 0 bridgehead atoms. The zero-order valence-corrected chi connectivity index (χ0v) is 16.1. The molecule has 148 valence electrons. The van der Waals surface area contributed by atoms with Crippen LogP contribution in [0.25, 0.3) is 0 Å². The molecule has 1 aromatic rings. The van der Waals surface area contributed by atoms with E-state index in [-0.39, 0.29) is 30.0 Å². The van der Waals surface area contributed by atoms with Crippen LogP contribution in [0.2, 0.25) is 0 Å². The smallest absolute Gasteiger partial charge is 0.273 e. The summed E-state index contributed by atoms with van der Waals surface area (Å²) in [6.07, 6.45) is 5.27. The third-order valence-electron chi connectivity index (χ3n) is 6.01. The number of carbonyl (C=O) groups excluding carboxylic acids is 2. The summed E-state index contributed by atoms with van der Waals surface area (Å²) in [5.74, 6) is 1.70. The molecule has 7 nitrogen and oxygen atoms in total. The van der Waals surface area contributed by atoms with E-state index in [9.17, 15) is 9.59 Å². The van der Waals surface area contributed by atoms with Crippen LogP contribution < -0.4 is 5.32 Å². The lowest BCUT2D eigenvalue weighted by Crippen LogP contribution is -2.54. The molecule has 4 rings (SSSR count). The van der Waals surface area contributed by atoms with Crippen molar-refractivity contribution in [1.29, 1.82) is 0 Å². The molecule has 4 atom stereocenters. The molecule has 0 spiro atoms. The molecule has 3 heterocycles. The number of hydrogen-bond acceptors (Lipinski definition) is 5. The highest BCUT2D eigenvalue weighted by Gasteiger charge is 2.35. The van der Waals surface area contributed by atoms with Crippen molar-refractivity contribution in [2.24, 2.45) is 5.92 Å². The molecule has 1 saturated carbocycles. The van der Waals surface area contributed by atoms with Gasteiger partial charge in [0.25, 0.3) is 11.8 Å². The number of amides is 2. The first kappa shape index (κ1) is 18.5. The minimum Gasteiger partial charge on any atom is -0.368 e. The average Bonchev–Trinajstić information content (AvgIpc) is 3.38. The van der Waals surface area contributed by atoms with Crippen LogP contribution in [0, 0.1) is 5.92 Å². The van der Waals surface area contributed by atoms with Gasteiger partial charge in [-0.1, -0.05) is 12.1 Å². The van der Waals surface area contributed by atoms with Gasteiger partial charge in [-0.25, -0.2) is 0 Å². The van der Waals surface area contributed by atoms with E-state index in [0.29, 0.717) is 30.7 Å². The summed E-state index contributed by atoms with van der Waals surface area (Å²) in [6, 6.07) is 1.89. The van der Waals surface area contributed by atoms with Gasteiger partial charge in [0.15, 0.2) is 5.69 Å². The zero-order chi connectivity index (χ0) is 19.0. The highest BCUT2D eigenvalue weighted by Crippen LogP contribution is 2.40. The fourth-order valence-corrected chi connectivity index (χ4v) is 4.11. The van der Waals surface area contributed by atoms with Crippen molar-refractivity contribution in [2.75, 3.05) is 13.2 Å². The van der Waals surface area contributed by atoms with Gasteiger partial charge in [0.1, 0.15) is 11.9 Å². The van der Waals surface area contributed by atoms with Gasteiger partial charge in [-0.2, -0.15) is 0 Å². The Morgan fingerprint density at radius 1 is 1.19 bits per heavy atom. The Kier molecular flexibility index (Phi) is 5.21. The van der Waals surface area contributed by atoms with E-state index in [0.717, 1.165) is 44.3 Å². The summed E-state index contributed by atoms with van der Waals surface area (Å²) in [7, 11) is 0. The van der Waals surface area contributed by atoms with Gasteiger partial charge < -0.3 is 19.5 Å². The molecule has 1 aromatic heterocycles. The van der Waals surface area contributed by atoms with Crippen molar-refractivity contribution in [2.45, 2.75) is 76.5 Å². The van der Waals surface area contributed by atoms with Gasteiger partial charge in [-0.05, 0) is 51.4 Å². The molecule has 27 heavy (non-hydrogen) atoms. The monoisotopic (exact) mass is 375 g/mol. The molecule has 7 heteroatoms. The second kappa shape index (κ2) is 7.62. The van der Waals surface area contributed by atoms with E-state index in [1.54, 1.807) is 6.07 Å². The predicted octanol–water partition coefficient (Wildman–Crippen LogP) is 2.48. The summed E-state index contributed by atoms with van der Waals surface area (Å²) >= 11 is 0. The van der Waals surface area contributed by atoms with E-state index < -0.39 is 0 Å². The second-order valence-corrected chi connectivity index (χ2v) is 8.47. The zero-order valence-electron chi connectivity index (χ0n) is 16.1. The normalized spacial score (nSPS) is 31.6. The number of piperidine rings is 1. The maximum absolute atomic E-state index is 12.8. The van der Waals surface area contributed by atoms with Crippen molar-refractivity contribution in [1.82, 2.24) is 15.4 Å². The Morgan fingerprint density at radius 2 is 2.00 bits per heavy atom. The van der Waals surface area contributed by atoms with Crippen LogP contribution in [0.4, 0.5) is 0 Å². The number of nitrogens with zero attached hydrogens (tertiary/aromatic N) is 2. The van der Waals surface area contributed by atoms with Crippen LogP contribution in [0.1, 0.15) is 74.5 Å². The van der Waals surface area contributed by atoms with Gasteiger partial charge >= 0.3 is 0 Å². The van der Waals surface area contributed by atoms with Gasteiger partial charge in [0, 0.05) is 30.6 Å². The first-order valence-corrected chi connectivity index (χ1v) is 10.2. The van der Waals surface area contributed by atoms with Crippen LogP contribution >= 0.6 is 0 Å². The quantitative estimate of drug-likeness (QED) is 0.874. The Balaban J connectivity index is 1.28. The van der Waals surface area contributed by atoms with Gasteiger partial charge in [0.2, 0.25) is 0 Å². The minimum absolute atomic E-state index is 0.0462. The summed E-state index contributed by atoms with van der Waals surface area (Å²) in [4.78, 5) is 27.1. The average molecular weight is 375 g/mol. The third kappa shape index (κ3) is 4.18. The van der Waals surface area contributed by atoms with E-state index in [1.807, 2.05) is 11.8 Å². The Labute approximate surface area is 159 Å². The molecule has 2 saturated heterocycles. The Bertz CT molecular complexity index is 691. The van der Waals surface area contributed by atoms with E-state index >= 15 is 0 Å². The first-order valence-electron chi connectivity index (χ1n) is 10.2. The minimum atomic E-state index is -0.300. The lowest BCUT2D eigenvalue weighted by molar-refractivity contribution is -0.151. The molecule has 3 fully saturated rings. The number of nitrogens with one attached hydrogen (secondary N) is 1. The number of aromatic nitrogens is 1. The van der Waals surface area contributed by atoms with E-state index in [1.165, 1.54) is 0 Å². The maximum Gasteiger partial charge on any atom is 0.273 e. The predicted molar refractivity (Wildman–Crippen MR) is 98.3 cm³/mol. The molecule has 3 aliphatic rings. The van der Waals surface area contributed by atoms with Crippen LogP contribution in [-0.2, 0) is 9.53 Å². The SMILES string of the molecule is C[C@H]1CC[C@H](C(=O)N2CCC(NC(=O)c3cc(C4CC4)on3)C[C@H]2C)OC1. The molecule has 1 aliphatic carbocycles. The molecular weight excluding hydrogens is 346 g/mol. The maximum atomic E-state index is 12.8. The summed E-state index contributed by atoms with van der Waals surface area (Å²) in [6.45, 7) is 5.51. The third-order valence-corrected chi connectivity index (χ3v) is 6.01. The van der Waals surface area contributed by atoms with Gasteiger partial charge in [0.05, 0.1) is 6.61 Å². The van der Waals surface area contributed by atoms with Crippen molar-refractivity contribution in [3.8, 4) is 0 Å². The van der Waals surface area contributed by atoms with Crippen LogP contribution in [0.15, 0.2) is 10.6 Å². The van der Waals surface area contributed by atoms with Crippen molar-refractivity contribution < 1.29 is 18.8 Å². The molecule has 0 aromatic carbocycles. The number of carbonyl (C=O) groups is 2. The molecule has 0 radical (unpaired) electrons. The van der Waals surface area contributed by atoms with Crippen LogP contribution in [-0.4, -0.2) is 53.2 Å². The number of rotatable bonds is 4. The largest absolute Gasteiger partial charge is 0.368 e. The Morgan fingerprint density at radius 3 is 2.67 bits per heavy atom. The van der Waals surface area contributed by atoms with E-state index in [2.05, 4.69) is 17.4 Å². The second-order valence-electron chi connectivity index (χ2n) is 8.47. The number of ether oxygens (including phenoxy) is 1. The van der Waals surface area contributed by atoms with Crippen LogP contribution in [0.5, 0.6) is 0 Å². The molecule has 1 N–H and O–H groups in total. The van der Waals surface area contributed by atoms with Crippen molar-refractivity contribution in [3.63, 3.8) is 0 Å². The van der Waals surface area contributed by atoms with Crippen molar-refractivity contribution >= 4 is 11.8 Å². The molecule has 1 unspecified atom stereocenters. The van der Waals surface area contributed by atoms with E-state index in [4.69, 9.17) is 9.26 Å². The molecular formula is C20H29N3O4. The lowest BCUT2D eigenvalue weighted by Gasteiger charge is -2.40. The van der Waals surface area contributed by atoms with Crippen LogP contribution in [0.3, 0.4) is 0 Å². The lowest BCUT2D eigenvalue weighted by atomic mass is 9.95. The van der Waals surface area contributed by atoms with Crippen molar-refractivity contribution in [3.05, 3.63) is 17.5 Å². The molecule has 2 amide bonds. The topological polar surface area (TPSA) is 84.7 Å². The number of hydrogen-bond donors (Lipinski definition) is 1. The van der Waals surface area contributed by atoms with Gasteiger partial charge in [-0.3, -0.25) is 9.59 Å². The fraction of sp³-hybridized carbons (Fsp3) is 0.750. The fourth-order valence-electron chi connectivity index (χ4n) is 4.11. The Hall–Kier alpha value is -1.89. The van der Waals surface area contributed by atoms with Gasteiger partial charge in [-0.15, -0.1) is 0 Å². The highest BCUT2D eigenvalue weighted by atomic mass is 16.5. The first-order chi connectivity index (χ1) is 13.0. The summed E-state index contributed by atoms with van der Waals surface area (Å²) in [5.41, 5.74) is 0.354. The number of likely N-dealkylation sites (tertiary alicyclic amines) is 1.